The zero-order chi connectivity index (χ0) is 21.4. The lowest BCUT2D eigenvalue weighted by Gasteiger charge is -2.34. The summed E-state index contributed by atoms with van der Waals surface area (Å²) in [5.74, 6) is -0.117. The van der Waals surface area contributed by atoms with Gasteiger partial charge in [0.1, 0.15) is 0 Å². The number of hydrogen-bond donors (Lipinski definition) is 1. The summed E-state index contributed by atoms with van der Waals surface area (Å²) in [7, 11) is 0. The van der Waals surface area contributed by atoms with Gasteiger partial charge in [0, 0.05) is 43.3 Å². The standard InChI is InChI=1S/C22H19N5O3S/c28-19(25-9-11-26(12-10-25)22-23-8-13-31-22)15-6-7-17-18(14-15)24-21(30)27(20(17)29)16-4-2-1-3-5-16/h1-8,13-14H,9-12H2,(H,24,30). The van der Waals surface area contributed by atoms with Crippen LogP contribution in [0.1, 0.15) is 10.4 Å². The molecule has 4 aromatic rings. The molecule has 0 saturated carbocycles. The van der Waals surface area contributed by atoms with Gasteiger partial charge in [-0.15, -0.1) is 11.3 Å². The summed E-state index contributed by atoms with van der Waals surface area (Å²) in [5.41, 5.74) is 0.345. The van der Waals surface area contributed by atoms with Gasteiger partial charge in [-0.3, -0.25) is 9.59 Å². The Balaban J connectivity index is 1.42. The first-order chi connectivity index (χ1) is 15.1. The average Bonchev–Trinajstić information content (AvgIpc) is 3.34. The molecule has 2 aromatic carbocycles. The number of H-pyrrole nitrogens is 1. The van der Waals surface area contributed by atoms with Crippen LogP contribution < -0.4 is 16.1 Å². The SMILES string of the molecule is O=C(c1ccc2c(=O)n(-c3ccccc3)c(=O)[nH]c2c1)N1CCN(c2nccs2)CC1. The van der Waals surface area contributed by atoms with Crippen molar-refractivity contribution in [3.05, 3.63) is 86.5 Å². The zero-order valence-electron chi connectivity index (χ0n) is 16.5. The smallest absolute Gasteiger partial charge is 0.333 e. The molecular formula is C22H19N5O3S. The number of piperazine rings is 1. The minimum absolute atomic E-state index is 0.117. The Bertz CT molecular complexity index is 1350. The number of fused-ring (bicyclic) bond motifs is 1. The molecule has 1 aliphatic rings. The van der Waals surface area contributed by atoms with Crippen molar-refractivity contribution in [1.29, 1.82) is 0 Å². The van der Waals surface area contributed by atoms with Crippen LogP contribution in [0.25, 0.3) is 16.6 Å². The van der Waals surface area contributed by atoms with E-state index < -0.39 is 11.2 Å². The monoisotopic (exact) mass is 433 g/mol. The van der Waals surface area contributed by atoms with E-state index in [1.165, 1.54) is 0 Å². The fraction of sp³-hybridized carbons (Fsp3) is 0.182. The maximum absolute atomic E-state index is 13.0. The lowest BCUT2D eigenvalue weighted by atomic mass is 10.1. The van der Waals surface area contributed by atoms with E-state index in [0.29, 0.717) is 48.3 Å². The molecule has 0 radical (unpaired) electrons. The van der Waals surface area contributed by atoms with Crippen molar-refractivity contribution in [2.75, 3.05) is 31.1 Å². The molecule has 8 nitrogen and oxygen atoms in total. The summed E-state index contributed by atoms with van der Waals surface area (Å²) in [5, 5.41) is 3.26. The largest absolute Gasteiger partial charge is 0.345 e. The van der Waals surface area contributed by atoms with Crippen LogP contribution in [0.15, 0.2) is 69.7 Å². The van der Waals surface area contributed by atoms with Gasteiger partial charge in [-0.1, -0.05) is 18.2 Å². The molecule has 156 valence electrons. The van der Waals surface area contributed by atoms with Gasteiger partial charge in [-0.05, 0) is 30.3 Å². The number of para-hydroxylation sites is 1. The maximum Gasteiger partial charge on any atom is 0.333 e. The van der Waals surface area contributed by atoms with Crippen LogP contribution in [-0.2, 0) is 0 Å². The number of carbonyl (C=O) groups is 1. The van der Waals surface area contributed by atoms with Crippen molar-refractivity contribution in [2.24, 2.45) is 0 Å². The highest BCUT2D eigenvalue weighted by molar-refractivity contribution is 7.13. The fourth-order valence-electron chi connectivity index (χ4n) is 3.82. The summed E-state index contributed by atoms with van der Waals surface area (Å²) < 4.78 is 1.10. The quantitative estimate of drug-likeness (QED) is 0.534. The molecule has 0 spiro atoms. The highest BCUT2D eigenvalue weighted by atomic mass is 32.1. The van der Waals surface area contributed by atoms with E-state index in [1.807, 2.05) is 11.4 Å². The molecule has 9 heteroatoms. The second-order valence-electron chi connectivity index (χ2n) is 7.26. The Morgan fingerprint density at radius 2 is 1.77 bits per heavy atom. The molecule has 31 heavy (non-hydrogen) atoms. The molecule has 3 heterocycles. The highest BCUT2D eigenvalue weighted by Gasteiger charge is 2.23. The van der Waals surface area contributed by atoms with Gasteiger partial charge in [0.25, 0.3) is 11.5 Å². The van der Waals surface area contributed by atoms with E-state index in [0.717, 1.165) is 9.70 Å². The van der Waals surface area contributed by atoms with Crippen LogP contribution in [-0.4, -0.2) is 51.5 Å². The third-order valence-corrected chi connectivity index (χ3v) is 6.25. The topological polar surface area (TPSA) is 91.3 Å². The van der Waals surface area contributed by atoms with Gasteiger partial charge in [-0.2, -0.15) is 0 Å². The van der Waals surface area contributed by atoms with E-state index in [-0.39, 0.29) is 5.91 Å². The predicted octanol–water partition coefficient (Wildman–Crippen LogP) is 2.10. The van der Waals surface area contributed by atoms with Crippen LogP contribution in [0.5, 0.6) is 0 Å². The number of nitrogens with zero attached hydrogens (tertiary/aromatic N) is 4. The average molecular weight is 433 g/mol. The van der Waals surface area contributed by atoms with Crippen molar-refractivity contribution >= 4 is 33.3 Å². The first-order valence-electron chi connectivity index (χ1n) is 9.90. The molecule has 2 aromatic heterocycles. The van der Waals surface area contributed by atoms with Gasteiger partial charge >= 0.3 is 5.69 Å². The van der Waals surface area contributed by atoms with Gasteiger partial charge in [0.05, 0.1) is 16.6 Å². The molecule has 5 rings (SSSR count). The van der Waals surface area contributed by atoms with Crippen LogP contribution in [0, 0.1) is 0 Å². The number of rotatable bonds is 3. The summed E-state index contributed by atoms with van der Waals surface area (Å²) in [6, 6.07) is 13.6. The van der Waals surface area contributed by atoms with E-state index >= 15 is 0 Å². The Morgan fingerprint density at radius 1 is 1.00 bits per heavy atom. The molecule has 0 atom stereocenters. The highest BCUT2D eigenvalue weighted by Crippen LogP contribution is 2.20. The first kappa shape index (κ1) is 19.3. The number of amides is 1. The predicted molar refractivity (Wildman–Crippen MR) is 120 cm³/mol. The number of thiazole rings is 1. The molecule has 1 saturated heterocycles. The van der Waals surface area contributed by atoms with Crippen molar-refractivity contribution in [2.45, 2.75) is 0 Å². The van der Waals surface area contributed by atoms with Crippen LogP contribution in [0.4, 0.5) is 5.13 Å². The third-order valence-electron chi connectivity index (χ3n) is 5.42. The molecule has 1 aliphatic heterocycles. The molecule has 0 unspecified atom stereocenters. The van der Waals surface area contributed by atoms with Gasteiger partial charge in [0.2, 0.25) is 0 Å². The second kappa shape index (κ2) is 7.84. The summed E-state index contributed by atoms with van der Waals surface area (Å²) >= 11 is 1.59. The van der Waals surface area contributed by atoms with Crippen LogP contribution in [0.3, 0.4) is 0 Å². The number of aromatic amines is 1. The molecular weight excluding hydrogens is 414 g/mol. The molecule has 0 aliphatic carbocycles. The molecule has 1 amide bonds. The Hall–Kier alpha value is -3.72. The Labute approximate surface area is 181 Å². The molecule has 1 N–H and O–H groups in total. The van der Waals surface area contributed by atoms with Gasteiger partial charge in [0.15, 0.2) is 5.13 Å². The van der Waals surface area contributed by atoms with Crippen molar-refractivity contribution in [3.8, 4) is 5.69 Å². The second-order valence-corrected chi connectivity index (χ2v) is 8.13. The Morgan fingerprint density at radius 3 is 2.48 bits per heavy atom. The first-order valence-corrected chi connectivity index (χ1v) is 10.8. The number of benzene rings is 2. The van der Waals surface area contributed by atoms with E-state index in [1.54, 1.807) is 64.9 Å². The third kappa shape index (κ3) is 3.53. The van der Waals surface area contributed by atoms with Gasteiger partial charge < -0.3 is 14.8 Å². The van der Waals surface area contributed by atoms with Crippen molar-refractivity contribution < 1.29 is 4.79 Å². The number of hydrogen-bond acceptors (Lipinski definition) is 6. The number of anilines is 1. The maximum atomic E-state index is 13.0. The van der Waals surface area contributed by atoms with Crippen LogP contribution in [0.2, 0.25) is 0 Å². The number of nitrogens with one attached hydrogen (secondary N) is 1. The number of carbonyl (C=O) groups excluding carboxylic acids is 1. The lowest BCUT2D eigenvalue weighted by molar-refractivity contribution is 0.0747. The fourth-order valence-corrected chi connectivity index (χ4v) is 4.51. The summed E-state index contributed by atoms with van der Waals surface area (Å²) in [6.45, 7) is 2.60. The van der Waals surface area contributed by atoms with E-state index in [9.17, 15) is 14.4 Å². The normalized spacial score (nSPS) is 14.2. The minimum atomic E-state index is -0.537. The zero-order valence-corrected chi connectivity index (χ0v) is 17.3. The number of aromatic nitrogens is 3. The van der Waals surface area contributed by atoms with Crippen molar-refractivity contribution in [1.82, 2.24) is 19.4 Å². The molecule has 1 fully saturated rings. The summed E-state index contributed by atoms with van der Waals surface area (Å²) in [4.78, 5) is 49.5. The van der Waals surface area contributed by atoms with E-state index in [2.05, 4.69) is 14.9 Å². The van der Waals surface area contributed by atoms with Crippen LogP contribution >= 0.6 is 11.3 Å². The molecule has 0 bridgehead atoms. The minimum Gasteiger partial charge on any atom is -0.345 e. The van der Waals surface area contributed by atoms with Crippen molar-refractivity contribution in [3.63, 3.8) is 0 Å². The van der Waals surface area contributed by atoms with E-state index in [4.69, 9.17) is 0 Å². The summed E-state index contributed by atoms with van der Waals surface area (Å²) in [6.07, 6.45) is 1.78. The van der Waals surface area contributed by atoms with Gasteiger partial charge in [-0.25, -0.2) is 14.3 Å². The lowest BCUT2D eigenvalue weighted by Crippen LogP contribution is -2.48. The Kier molecular flexibility index (Phi) is 4.87.